The van der Waals surface area contributed by atoms with Gasteiger partial charge in [-0.15, -0.1) is 0 Å². The number of benzene rings is 2. The Labute approximate surface area is 122 Å². The number of esters is 1. The van der Waals surface area contributed by atoms with Crippen LogP contribution in [-0.2, 0) is 16.1 Å². The van der Waals surface area contributed by atoms with Crippen molar-refractivity contribution in [3.05, 3.63) is 77.4 Å². The summed E-state index contributed by atoms with van der Waals surface area (Å²) in [5.41, 5.74) is 1.50. The van der Waals surface area contributed by atoms with Gasteiger partial charge in [-0.2, -0.15) is 0 Å². The van der Waals surface area contributed by atoms with Crippen LogP contribution < -0.4 is 0 Å². The van der Waals surface area contributed by atoms with Crippen molar-refractivity contribution in [2.24, 2.45) is 0 Å². The summed E-state index contributed by atoms with van der Waals surface area (Å²) < 4.78 is 5.08. The number of carboxylic acids is 1. The largest absolute Gasteiger partial charge is 0.478 e. The van der Waals surface area contributed by atoms with Crippen LogP contribution in [0.1, 0.15) is 21.5 Å². The van der Waals surface area contributed by atoms with Crippen LogP contribution in [0.15, 0.2) is 60.7 Å². The maximum atomic E-state index is 11.6. The molecule has 0 aliphatic heterocycles. The second kappa shape index (κ2) is 7.05. The van der Waals surface area contributed by atoms with Gasteiger partial charge in [0.25, 0.3) is 0 Å². The van der Waals surface area contributed by atoms with Crippen LogP contribution in [0.3, 0.4) is 0 Å². The Morgan fingerprint density at radius 1 is 1.00 bits per heavy atom. The Bertz CT molecular complexity index is 660. The molecule has 2 rings (SSSR count). The van der Waals surface area contributed by atoms with Gasteiger partial charge >= 0.3 is 11.9 Å². The Morgan fingerprint density at radius 3 is 2.38 bits per heavy atom. The molecule has 0 saturated carbocycles. The van der Waals surface area contributed by atoms with E-state index in [0.717, 1.165) is 5.56 Å². The quantitative estimate of drug-likeness (QED) is 0.676. The molecule has 0 heterocycles. The summed E-state index contributed by atoms with van der Waals surface area (Å²) in [4.78, 5) is 22.6. The number of aromatic carboxylic acids is 1. The highest BCUT2D eigenvalue weighted by Gasteiger charge is 2.06. The molecule has 0 aliphatic carbocycles. The zero-order chi connectivity index (χ0) is 15.1. The van der Waals surface area contributed by atoms with Crippen LogP contribution in [0.25, 0.3) is 6.08 Å². The van der Waals surface area contributed by atoms with Crippen molar-refractivity contribution >= 4 is 18.0 Å². The number of rotatable bonds is 5. The van der Waals surface area contributed by atoms with E-state index in [2.05, 4.69) is 0 Å². The monoisotopic (exact) mass is 282 g/mol. The lowest BCUT2D eigenvalue weighted by Gasteiger charge is -2.02. The predicted molar refractivity (Wildman–Crippen MR) is 78.7 cm³/mol. The minimum absolute atomic E-state index is 0.143. The molecule has 0 atom stereocenters. The van der Waals surface area contributed by atoms with Crippen LogP contribution in [-0.4, -0.2) is 17.0 Å². The van der Waals surface area contributed by atoms with Crippen molar-refractivity contribution in [3.8, 4) is 0 Å². The Morgan fingerprint density at radius 2 is 1.67 bits per heavy atom. The summed E-state index contributed by atoms with van der Waals surface area (Å²) >= 11 is 0. The average molecular weight is 282 g/mol. The van der Waals surface area contributed by atoms with E-state index in [9.17, 15) is 9.59 Å². The van der Waals surface area contributed by atoms with E-state index in [0.29, 0.717) is 5.56 Å². The van der Waals surface area contributed by atoms with Crippen molar-refractivity contribution in [1.29, 1.82) is 0 Å². The summed E-state index contributed by atoms with van der Waals surface area (Å²) in [6.45, 7) is 0.185. The van der Waals surface area contributed by atoms with Crippen molar-refractivity contribution in [3.63, 3.8) is 0 Å². The van der Waals surface area contributed by atoms with E-state index in [1.165, 1.54) is 18.2 Å². The lowest BCUT2D eigenvalue weighted by Crippen LogP contribution is -2.02. The number of hydrogen-bond acceptors (Lipinski definition) is 3. The van der Waals surface area contributed by atoms with Gasteiger partial charge in [-0.05, 0) is 23.3 Å². The molecule has 21 heavy (non-hydrogen) atoms. The van der Waals surface area contributed by atoms with Crippen LogP contribution >= 0.6 is 0 Å². The normalized spacial score (nSPS) is 10.5. The van der Waals surface area contributed by atoms with Gasteiger partial charge in [-0.25, -0.2) is 9.59 Å². The number of carbonyl (C=O) groups is 2. The fourth-order valence-corrected chi connectivity index (χ4v) is 1.77. The Hall–Kier alpha value is -2.88. The molecular formula is C17H14O4. The molecule has 106 valence electrons. The van der Waals surface area contributed by atoms with Gasteiger partial charge in [0, 0.05) is 6.08 Å². The maximum absolute atomic E-state index is 11.6. The molecule has 0 bridgehead atoms. The average Bonchev–Trinajstić information content (AvgIpc) is 2.52. The molecule has 1 N–H and O–H groups in total. The first-order valence-electron chi connectivity index (χ1n) is 6.38. The smallest absolute Gasteiger partial charge is 0.336 e. The van der Waals surface area contributed by atoms with Gasteiger partial charge in [-0.1, -0.05) is 48.5 Å². The standard InChI is InChI=1S/C17H14O4/c18-16(21-12-13-6-2-1-3-7-13)11-10-14-8-4-5-9-15(14)17(19)20/h1-11H,12H2,(H,19,20). The van der Waals surface area contributed by atoms with Gasteiger partial charge < -0.3 is 9.84 Å². The van der Waals surface area contributed by atoms with Gasteiger partial charge in [0.2, 0.25) is 0 Å². The number of carboxylic acid groups (broad SMARTS) is 1. The number of carbonyl (C=O) groups excluding carboxylic acids is 1. The van der Waals surface area contributed by atoms with Crippen LogP contribution in [0.5, 0.6) is 0 Å². The fourth-order valence-electron chi connectivity index (χ4n) is 1.77. The molecule has 2 aromatic rings. The fraction of sp³-hybridized carbons (Fsp3) is 0.0588. The van der Waals surface area contributed by atoms with Gasteiger partial charge in [-0.3, -0.25) is 0 Å². The zero-order valence-corrected chi connectivity index (χ0v) is 11.2. The number of hydrogen-bond donors (Lipinski definition) is 1. The van der Waals surface area contributed by atoms with Crippen LogP contribution in [0.4, 0.5) is 0 Å². The van der Waals surface area contributed by atoms with E-state index in [4.69, 9.17) is 9.84 Å². The molecule has 4 heteroatoms. The lowest BCUT2D eigenvalue weighted by molar-refractivity contribution is -0.138. The van der Waals surface area contributed by atoms with E-state index >= 15 is 0 Å². The summed E-state index contributed by atoms with van der Waals surface area (Å²) in [6, 6.07) is 15.8. The molecule has 0 amide bonds. The molecule has 4 nitrogen and oxygen atoms in total. The molecule has 0 saturated heterocycles. The maximum Gasteiger partial charge on any atom is 0.336 e. The minimum Gasteiger partial charge on any atom is -0.478 e. The van der Waals surface area contributed by atoms with E-state index in [-0.39, 0.29) is 12.2 Å². The van der Waals surface area contributed by atoms with Crippen LogP contribution in [0, 0.1) is 0 Å². The van der Waals surface area contributed by atoms with Crippen molar-refractivity contribution in [2.45, 2.75) is 6.61 Å². The summed E-state index contributed by atoms with van der Waals surface area (Å²) in [7, 11) is 0. The molecule has 0 radical (unpaired) electrons. The van der Waals surface area contributed by atoms with Crippen molar-refractivity contribution in [2.75, 3.05) is 0 Å². The second-order valence-corrected chi connectivity index (χ2v) is 4.32. The lowest BCUT2D eigenvalue weighted by atomic mass is 10.1. The van der Waals surface area contributed by atoms with E-state index < -0.39 is 11.9 Å². The third-order valence-corrected chi connectivity index (χ3v) is 2.81. The zero-order valence-electron chi connectivity index (χ0n) is 11.2. The molecule has 0 fully saturated rings. The Balaban J connectivity index is 1.98. The molecule has 0 spiro atoms. The van der Waals surface area contributed by atoms with Crippen molar-refractivity contribution in [1.82, 2.24) is 0 Å². The van der Waals surface area contributed by atoms with Crippen molar-refractivity contribution < 1.29 is 19.4 Å². The topological polar surface area (TPSA) is 63.6 Å². The van der Waals surface area contributed by atoms with Crippen LogP contribution in [0.2, 0.25) is 0 Å². The van der Waals surface area contributed by atoms with E-state index in [1.807, 2.05) is 30.3 Å². The third kappa shape index (κ3) is 4.31. The summed E-state index contributed by atoms with van der Waals surface area (Å²) in [5, 5.41) is 9.03. The van der Waals surface area contributed by atoms with Gasteiger partial charge in [0.05, 0.1) is 5.56 Å². The highest BCUT2D eigenvalue weighted by Crippen LogP contribution is 2.11. The molecule has 0 aliphatic rings. The SMILES string of the molecule is O=C(C=Cc1ccccc1C(=O)O)OCc1ccccc1. The summed E-state index contributed by atoms with van der Waals surface area (Å²) in [5.74, 6) is -1.55. The number of ether oxygens (including phenoxy) is 1. The van der Waals surface area contributed by atoms with Gasteiger partial charge in [0.1, 0.15) is 6.61 Å². The first-order valence-corrected chi connectivity index (χ1v) is 6.38. The highest BCUT2D eigenvalue weighted by atomic mass is 16.5. The Kier molecular flexibility index (Phi) is 4.88. The highest BCUT2D eigenvalue weighted by molar-refractivity contribution is 5.94. The second-order valence-electron chi connectivity index (χ2n) is 4.32. The predicted octanol–water partition coefficient (Wildman–Crippen LogP) is 3.14. The molecule has 0 aromatic heterocycles. The van der Waals surface area contributed by atoms with E-state index in [1.54, 1.807) is 18.2 Å². The summed E-state index contributed by atoms with van der Waals surface area (Å²) in [6.07, 6.45) is 2.67. The molecular weight excluding hydrogens is 268 g/mol. The first-order chi connectivity index (χ1) is 10.2. The van der Waals surface area contributed by atoms with Gasteiger partial charge in [0.15, 0.2) is 0 Å². The molecule has 2 aromatic carbocycles. The molecule has 0 unspecified atom stereocenters. The third-order valence-electron chi connectivity index (χ3n) is 2.81. The first kappa shape index (κ1) is 14.5. The minimum atomic E-state index is -1.03.